The monoisotopic (exact) mass is 472 g/mol. The number of aromatic nitrogens is 1. The number of nitrogens with zero attached hydrogens (tertiary/aromatic N) is 2. The molecule has 2 aromatic rings. The fourth-order valence-electron chi connectivity index (χ4n) is 2.48. The number of carbonyl (C=O) groups excluding carboxylic acids is 1. The minimum Gasteiger partial charge on any atom is -0.494 e. The van der Waals surface area contributed by atoms with Crippen LogP contribution in [0.2, 0.25) is 0 Å². The zero-order valence-corrected chi connectivity index (χ0v) is 20.3. The molecule has 11 heteroatoms. The minimum atomic E-state index is -3.67. The maximum absolute atomic E-state index is 12.9. The Morgan fingerprint density at radius 3 is 2.42 bits per heavy atom. The van der Waals surface area contributed by atoms with Gasteiger partial charge in [-0.1, -0.05) is 25.2 Å². The van der Waals surface area contributed by atoms with Crippen molar-refractivity contribution in [3.05, 3.63) is 30.0 Å². The second-order valence-corrected chi connectivity index (χ2v) is 9.11. The first-order valence-electron chi connectivity index (χ1n) is 10.2. The topological polar surface area (TPSA) is 121 Å². The number of urea groups is 1. The predicted molar refractivity (Wildman–Crippen MR) is 125 cm³/mol. The summed E-state index contributed by atoms with van der Waals surface area (Å²) < 4.78 is 32.0. The van der Waals surface area contributed by atoms with Crippen molar-refractivity contribution in [3.63, 3.8) is 0 Å². The number of aliphatic hydroxyl groups is 1. The van der Waals surface area contributed by atoms with Gasteiger partial charge in [0.2, 0.25) is 0 Å². The second-order valence-electron chi connectivity index (χ2n) is 6.05. The number of hydrogen-bond donors (Lipinski definition) is 3. The maximum Gasteiger partial charge on any atom is 0.328 e. The number of nitrogens with one attached hydrogen (secondary N) is 2. The molecule has 0 saturated heterocycles. The van der Waals surface area contributed by atoms with Gasteiger partial charge in [-0.05, 0) is 58.0 Å². The summed E-state index contributed by atoms with van der Waals surface area (Å²) in [5.41, 5.74) is 0.891. The van der Waals surface area contributed by atoms with Crippen molar-refractivity contribution in [1.82, 2.24) is 9.71 Å². The van der Waals surface area contributed by atoms with Gasteiger partial charge < -0.3 is 15.2 Å². The van der Waals surface area contributed by atoms with Crippen LogP contribution < -0.4 is 19.7 Å². The highest BCUT2D eigenvalue weighted by Crippen LogP contribution is 2.30. The third-order valence-electron chi connectivity index (χ3n) is 3.94. The lowest BCUT2D eigenvalue weighted by molar-refractivity contribution is 0.255. The Morgan fingerprint density at radius 1 is 1.23 bits per heavy atom. The molecule has 0 radical (unpaired) electrons. The molecule has 0 saturated carbocycles. The third-order valence-corrected chi connectivity index (χ3v) is 7.14. The van der Waals surface area contributed by atoms with Crippen LogP contribution in [0.4, 0.5) is 15.6 Å². The number of ether oxygens (including phenoxy) is 1. The molecule has 0 spiro atoms. The number of aryl methyl sites for hydroxylation is 1. The third kappa shape index (κ3) is 7.76. The maximum atomic E-state index is 12.9. The fraction of sp³-hybridized carbons (Fsp3) is 0.500. The summed E-state index contributed by atoms with van der Waals surface area (Å²) in [6.07, 6.45) is 1.05. The summed E-state index contributed by atoms with van der Waals surface area (Å²) in [7, 11) is -2.34. The molecule has 0 aliphatic rings. The highest BCUT2D eigenvalue weighted by molar-refractivity contribution is 7.91. The van der Waals surface area contributed by atoms with Crippen LogP contribution in [0.15, 0.2) is 28.5 Å². The smallest absolute Gasteiger partial charge is 0.328 e. The molecular formula is C20H32N4O5S2. The summed E-state index contributed by atoms with van der Waals surface area (Å²) in [6.45, 7) is 8.31. The molecule has 0 aliphatic carbocycles. The van der Waals surface area contributed by atoms with Gasteiger partial charge in [-0.2, -0.15) is 0 Å². The molecule has 1 heterocycles. The van der Waals surface area contributed by atoms with E-state index < -0.39 is 16.1 Å². The van der Waals surface area contributed by atoms with Gasteiger partial charge in [0, 0.05) is 18.8 Å². The Balaban J connectivity index is 0.00000233. The number of benzene rings is 1. The summed E-state index contributed by atoms with van der Waals surface area (Å²) >= 11 is 0.926. The number of hydrogen-bond acceptors (Lipinski definition) is 7. The summed E-state index contributed by atoms with van der Waals surface area (Å²) in [4.78, 5) is 18.6. The van der Waals surface area contributed by atoms with Crippen LogP contribution in [-0.2, 0) is 10.0 Å². The molecule has 174 valence electrons. The van der Waals surface area contributed by atoms with E-state index >= 15 is 0 Å². The Hall–Kier alpha value is -2.21. The average molecular weight is 473 g/mol. The van der Waals surface area contributed by atoms with Crippen molar-refractivity contribution in [2.75, 3.05) is 37.0 Å². The average Bonchev–Trinajstić information content (AvgIpc) is 3.16. The van der Waals surface area contributed by atoms with Crippen molar-refractivity contribution >= 4 is 38.2 Å². The van der Waals surface area contributed by atoms with Crippen molar-refractivity contribution < 1.29 is 23.1 Å². The van der Waals surface area contributed by atoms with Crippen LogP contribution in [0.25, 0.3) is 0 Å². The van der Waals surface area contributed by atoms with Crippen LogP contribution in [0.5, 0.6) is 5.75 Å². The first-order chi connectivity index (χ1) is 14.8. The van der Waals surface area contributed by atoms with Crippen LogP contribution >= 0.6 is 11.3 Å². The van der Waals surface area contributed by atoms with Crippen LogP contribution in [0.3, 0.4) is 0 Å². The van der Waals surface area contributed by atoms with Gasteiger partial charge in [0.15, 0.2) is 9.34 Å². The molecule has 1 aromatic carbocycles. The molecule has 0 fully saturated rings. The van der Waals surface area contributed by atoms with E-state index in [0.717, 1.165) is 11.3 Å². The Bertz CT molecular complexity index is 914. The van der Waals surface area contributed by atoms with Crippen molar-refractivity contribution in [2.45, 2.75) is 44.7 Å². The van der Waals surface area contributed by atoms with Gasteiger partial charge in [0.25, 0.3) is 10.0 Å². The van der Waals surface area contributed by atoms with E-state index in [0.29, 0.717) is 36.6 Å². The molecule has 1 aromatic heterocycles. The normalized spacial score (nSPS) is 10.8. The lowest BCUT2D eigenvalue weighted by atomic mass is 10.3. The van der Waals surface area contributed by atoms with Gasteiger partial charge in [-0.15, -0.1) is 0 Å². The van der Waals surface area contributed by atoms with Crippen molar-refractivity contribution in [1.29, 1.82) is 0 Å². The SMILES string of the molecule is CC.CCOc1ccc(NC(=O)N(CCCCO)c2nc(C)c(S(=O)(=O)NC)s2)cc1. The highest BCUT2D eigenvalue weighted by atomic mass is 32.2. The summed E-state index contributed by atoms with van der Waals surface area (Å²) in [5, 5.41) is 12.1. The lowest BCUT2D eigenvalue weighted by Crippen LogP contribution is -2.35. The van der Waals surface area contributed by atoms with Crippen LogP contribution in [0.1, 0.15) is 39.3 Å². The molecule has 31 heavy (non-hydrogen) atoms. The standard InChI is InChI=1S/C18H26N4O5S2.C2H6/c1-4-27-15-9-7-14(8-10-15)21-17(24)22(11-5-6-12-23)18-20-13(2)16(28-18)29(25,26)19-3;1-2/h7-10,19,23H,4-6,11-12H2,1-3H3,(H,21,24);1-2H3. The first kappa shape index (κ1) is 26.8. The number of carbonyl (C=O) groups is 1. The van der Waals surface area contributed by atoms with Crippen molar-refractivity contribution in [2.24, 2.45) is 0 Å². The van der Waals surface area contributed by atoms with Crippen molar-refractivity contribution in [3.8, 4) is 5.75 Å². The zero-order valence-electron chi connectivity index (χ0n) is 18.6. The highest BCUT2D eigenvalue weighted by Gasteiger charge is 2.25. The fourth-order valence-corrected chi connectivity index (χ4v) is 4.84. The number of amides is 2. The minimum absolute atomic E-state index is 0.00459. The molecule has 0 bridgehead atoms. The molecular weight excluding hydrogens is 440 g/mol. The molecule has 0 atom stereocenters. The van der Waals surface area contributed by atoms with Gasteiger partial charge in [-0.25, -0.2) is 22.9 Å². The number of thiazole rings is 1. The number of aliphatic hydroxyl groups excluding tert-OH is 1. The Kier molecular flexibility index (Phi) is 11.5. The van der Waals surface area contributed by atoms with E-state index in [-0.39, 0.29) is 22.5 Å². The van der Waals surface area contributed by atoms with Gasteiger partial charge in [0.05, 0.1) is 12.3 Å². The number of unbranched alkanes of at least 4 members (excludes halogenated alkanes) is 1. The Labute approximate surface area is 188 Å². The molecule has 0 aliphatic heterocycles. The quantitative estimate of drug-likeness (QED) is 0.454. The zero-order chi connectivity index (χ0) is 23.4. The van der Waals surface area contributed by atoms with E-state index in [1.54, 1.807) is 31.2 Å². The first-order valence-corrected chi connectivity index (χ1v) is 12.5. The molecule has 0 unspecified atom stereocenters. The molecule has 9 nitrogen and oxygen atoms in total. The summed E-state index contributed by atoms with van der Waals surface area (Å²) in [5.74, 6) is 0.697. The Morgan fingerprint density at radius 2 is 1.87 bits per heavy atom. The number of rotatable bonds is 10. The predicted octanol–water partition coefficient (Wildman–Crippen LogP) is 3.60. The molecule has 2 rings (SSSR count). The largest absolute Gasteiger partial charge is 0.494 e. The molecule has 3 N–H and O–H groups in total. The van der Waals surface area contributed by atoms with Crippen LogP contribution in [0, 0.1) is 6.92 Å². The number of anilines is 2. The van der Waals surface area contributed by atoms with E-state index in [2.05, 4.69) is 15.0 Å². The van der Waals surface area contributed by atoms with E-state index in [9.17, 15) is 13.2 Å². The number of sulfonamides is 1. The lowest BCUT2D eigenvalue weighted by Gasteiger charge is -2.20. The van der Waals surface area contributed by atoms with E-state index in [4.69, 9.17) is 9.84 Å². The van der Waals surface area contributed by atoms with Crippen LogP contribution in [-0.4, -0.2) is 51.3 Å². The molecule has 2 amide bonds. The summed E-state index contributed by atoms with van der Waals surface area (Å²) in [6, 6.07) is 6.51. The van der Waals surface area contributed by atoms with Gasteiger partial charge in [-0.3, -0.25) is 4.90 Å². The van der Waals surface area contributed by atoms with Gasteiger partial charge in [0.1, 0.15) is 5.75 Å². The second kappa shape index (κ2) is 13.3. The van der Waals surface area contributed by atoms with Gasteiger partial charge >= 0.3 is 6.03 Å². The van der Waals surface area contributed by atoms with E-state index in [1.807, 2.05) is 20.8 Å². The van der Waals surface area contributed by atoms with E-state index in [1.165, 1.54) is 11.9 Å².